The molecule has 1 aromatic rings. The first-order valence-electron chi connectivity index (χ1n) is 5.70. The molecule has 0 aliphatic heterocycles. The molecular weight excluding hydrogens is 238 g/mol. The number of hydrogen-bond donors (Lipinski definition) is 1. The highest BCUT2D eigenvalue weighted by Gasteiger charge is 2.13. The fraction of sp³-hybridized carbons (Fsp3) is 0.462. The van der Waals surface area contributed by atoms with Crippen molar-refractivity contribution < 1.29 is 9.53 Å². The summed E-state index contributed by atoms with van der Waals surface area (Å²) in [5, 5.41) is 0. The lowest BCUT2D eigenvalue weighted by molar-refractivity contribution is -0.144. The molecule has 0 aliphatic rings. The molecule has 4 heteroatoms. The smallest absolute Gasteiger partial charge is 0.322 e. The van der Waals surface area contributed by atoms with Crippen molar-refractivity contribution in [1.82, 2.24) is 0 Å². The molecular formula is C13H20ClNO2. The summed E-state index contributed by atoms with van der Waals surface area (Å²) in [6.45, 7) is 2.18. The fourth-order valence-corrected chi connectivity index (χ4v) is 1.54. The van der Waals surface area contributed by atoms with E-state index in [0.717, 1.165) is 12.8 Å². The normalized spacial score (nSPS) is 11.4. The van der Waals surface area contributed by atoms with Crippen molar-refractivity contribution in [1.29, 1.82) is 0 Å². The van der Waals surface area contributed by atoms with Crippen LogP contribution < -0.4 is 5.73 Å². The SMILES string of the molecule is CCOC(=O)[C@@H](N)CCCc1ccccc1.Cl. The molecule has 0 aliphatic carbocycles. The number of ether oxygens (including phenoxy) is 1. The number of esters is 1. The van der Waals surface area contributed by atoms with Gasteiger partial charge in [0.05, 0.1) is 6.61 Å². The first-order valence-corrected chi connectivity index (χ1v) is 5.70. The van der Waals surface area contributed by atoms with Gasteiger partial charge in [-0.15, -0.1) is 12.4 Å². The van der Waals surface area contributed by atoms with Crippen molar-refractivity contribution in [3.05, 3.63) is 35.9 Å². The van der Waals surface area contributed by atoms with E-state index in [1.54, 1.807) is 6.92 Å². The number of nitrogens with two attached hydrogens (primary N) is 1. The van der Waals surface area contributed by atoms with Gasteiger partial charge in [0.25, 0.3) is 0 Å². The second kappa shape index (κ2) is 9.02. The van der Waals surface area contributed by atoms with Crippen molar-refractivity contribution >= 4 is 18.4 Å². The predicted molar refractivity (Wildman–Crippen MR) is 71.2 cm³/mol. The van der Waals surface area contributed by atoms with Gasteiger partial charge in [-0.3, -0.25) is 4.79 Å². The summed E-state index contributed by atoms with van der Waals surface area (Å²) < 4.78 is 4.84. The summed E-state index contributed by atoms with van der Waals surface area (Å²) in [5.74, 6) is -0.296. The zero-order valence-electron chi connectivity index (χ0n) is 10.1. The molecule has 0 aromatic heterocycles. The minimum atomic E-state index is -0.483. The number of benzene rings is 1. The van der Waals surface area contributed by atoms with Gasteiger partial charge >= 0.3 is 5.97 Å². The molecule has 1 rings (SSSR count). The van der Waals surface area contributed by atoms with E-state index in [2.05, 4.69) is 12.1 Å². The van der Waals surface area contributed by atoms with Gasteiger partial charge in [0, 0.05) is 0 Å². The van der Waals surface area contributed by atoms with Gasteiger partial charge in [0.15, 0.2) is 0 Å². The Morgan fingerprint density at radius 1 is 1.35 bits per heavy atom. The highest BCUT2D eigenvalue weighted by Crippen LogP contribution is 2.06. The molecule has 1 atom stereocenters. The van der Waals surface area contributed by atoms with Gasteiger partial charge in [0.1, 0.15) is 6.04 Å². The predicted octanol–water partition coefficient (Wildman–Crippen LogP) is 2.32. The number of hydrogen-bond acceptors (Lipinski definition) is 3. The van der Waals surface area contributed by atoms with Crippen LogP contribution in [0.2, 0.25) is 0 Å². The third kappa shape index (κ3) is 6.29. The van der Waals surface area contributed by atoms with Gasteiger partial charge in [-0.05, 0) is 31.7 Å². The number of halogens is 1. The van der Waals surface area contributed by atoms with Crippen molar-refractivity contribution in [2.75, 3.05) is 6.61 Å². The lowest BCUT2D eigenvalue weighted by atomic mass is 10.1. The van der Waals surface area contributed by atoms with Crippen molar-refractivity contribution in [3.63, 3.8) is 0 Å². The lowest BCUT2D eigenvalue weighted by Gasteiger charge is -2.09. The fourth-order valence-electron chi connectivity index (χ4n) is 1.54. The maximum Gasteiger partial charge on any atom is 0.322 e. The summed E-state index contributed by atoms with van der Waals surface area (Å²) in [6.07, 6.45) is 2.53. The standard InChI is InChI=1S/C13H19NO2.ClH/c1-2-16-13(15)12(14)10-6-9-11-7-4-3-5-8-11;/h3-5,7-8,12H,2,6,9-10,14H2,1H3;1H/t12-;/m0./s1. The number of carbonyl (C=O) groups is 1. The Labute approximate surface area is 109 Å². The molecule has 17 heavy (non-hydrogen) atoms. The Hall–Kier alpha value is -1.06. The van der Waals surface area contributed by atoms with Crippen LogP contribution in [0.15, 0.2) is 30.3 Å². The Balaban J connectivity index is 0.00000256. The zero-order valence-corrected chi connectivity index (χ0v) is 10.9. The topological polar surface area (TPSA) is 52.3 Å². The van der Waals surface area contributed by atoms with Crippen LogP contribution in [0, 0.1) is 0 Å². The van der Waals surface area contributed by atoms with Crippen LogP contribution >= 0.6 is 12.4 Å². The van der Waals surface area contributed by atoms with E-state index in [-0.39, 0.29) is 18.4 Å². The van der Waals surface area contributed by atoms with Crippen LogP contribution in [0.1, 0.15) is 25.3 Å². The van der Waals surface area contributed by atoms with Crippen LogP contribution in [0.4, 0.5) is 0 Å². The molecule has 96 valence electrons. The minimum absolute atomic E-state index is 0. The Morgan fingerprint density at radius 2 is 2.00 bits per heavy atom. The van der Waals surface area contributed by atoms with E-state index in [1.165, 1.54) is 5.56 Å². The molecule has 0 unspecified atom stereocenters. The second-order valence-electron chi connectivity index (χ2n) is 3.74. The number of rotatable bonds is 6. The first kappa shape index (κ1) is 15.9. The Morgan fingerprint density at radius 3 is 2.59 bits per heavy atom. The molecule has 0 amide bonds. The van der Waals surface area contributed by atoms with Gasteiger partial charge in [0.2, 0.25) is 0 Å². The van der Waals surface area contributed by atoms with E-state index in [0.29, 0.717) is 13.0 Å². The van der Waals surface area contributed by atoms with Gasteiger partial charge < -0.3 is 10.5 Å². The number of aryl methyl sites for hydroxylation is 1. The molecule has 3 nitrogen and oxygen atoms in total. The third-order valence-corrected chi connectivity index (χ3v) is 2.41. The summed E-state index contributed by atoms with van der Waals surface area (Å²) in [4.78, 5) is 11.2. The summed E-state index contributed by atoms with van der Waals surface area (Å²) in [7, 11) is 0. The zero-order chi connectivity index (χ0) is 11.8. The van der Waals surface area contributed by atoms with E-state index in [9.17, 15) is 4.79 Å². The highest BCUT2D eigenvalue weighted by molar-refractivity contribution is 5.85. The van der Waals surface area contributed by atoms with Gasteiger partial charge in [-0.1, -0.05) is 30.3 Å². The maximum absolute atomic E-state index is 11.2. The quantitative estimate of drug-likeness (QED) is 0.796. The van der Waals surface area contributed by atoms with Crippen molar-refractivity contribution in [2.45, 2.75) is 32.2 Å². The molecule has 1 aromatic carbocycles. The highest BCUT2D eigenvalue weighted by atomic mass is 35.5. The minimum Gasteiger partial charge on any atom is -0.465 e. The van der Waals surface area contributed by atoms with Crippen LogP contribution in [0.25, 0.3) is 0 Å². The molecule has 0 spiro atoms. The van der Waals surface area contributed by atoms with Crippen LogP contribution in [0.3, 0.4) is 0 Å². The van der Waals surface area contributed by atoms with Gasteiger partial charge in [-0.2, -0.15) is 0 Å². The Bertz CT molecular complexity index is 316. The van der Waals surface area contributed by atoms with Gasteiger partial charge in [-0.25, -0.2) is 0 Å². The maximum atomic E-state index is 11.2. The van der Waals surface area contributed by atoms with Crippen LogP contribution in [-0.2, 0) is 16.0 Å². The molecule has 0 radical (unpaired) electrons. The van der Waals surface area contributed by atoms with Crippen molar-refractivity contribution in [3.8, 4) is 0 Å². The van der Waals surface area contributed by atoms with Crippen LogP contribution in [0.5, 0.6) is 0 Å². The molecule has 2 N–H and O–H groups in total. The average Bonchev–Trinajstić information content (AvgIpc) is 2.30. The number of carbonyl (C=O) groups excluding carboxylic acids is 1. The third-order valence-electron chi connectivity index (χ3n) is 2.41. The largest absolute Gasteiger partial charge is 0.465 e. The summed E-state index contributed by atoms with van der Waals surface area (Å²) in [6, 6.07) is 9.70. The van der Waals surface area contributed by atoms with E-state index < -0.39 is 6.04 Å². The van der Waals surface area contributed by atoms with Crippen molar-refractivity contribution in [2.24, 2.45) is 5.73 Å². The second-order valence-corrected chi connectivity index (χ2v) is 3.74. The molecule has 0 bridgehead atoms. The van der Waals surface area contributed by atoms with E-state index in [4.69, 9.17) is 10.5 Å². The van der Waals surface area contributed by atoms with E-state index in [1.807, 2.05) is 18.2 Å². The van der Waals surface area contributed by atoms with E-state index >= 15 is 0 Å². The molecule has 0 heterocycles. The Kier molecular flexibility index (Phi) is 8.46. The summed E-state index contributed by atoms with van der Waals surface area (Å²) >= 11 is 0. The van der Waals surface area contributed by atoms with Crippen LogP contribution in [-0.4, -0.2) is 18.6 Å². The average molecular weight is 258 g/mol. The first-order chi connectivity index (χ1) is 7.74. The summed E-state index contributed by atoms with van der Waals surface area (Å²) in [5.41, 5.74) is 6.97. The monoisotopic (exact) mass is 257 g/mol. The lowest BCUT2D eigenvalue weighted by Crippen LogP contribution is -2.32. The molecule has 0 saturated carbocycles. The molecule has 0 saturated heterocycles. The molecule has 0 fully saturated rings.